The molecule has 0 saturated heterocycles. The minimum Gasteiger partial charge on any atom is -0.495 e. The van der Waals surface area contributed by atoms with Crippen LogP contribution in [0.4, 0.5) is 5.69 Å². The van der Waals surface area contributed by atoms with Gasteiger partial charge in [-0.1, -0.05) is 54.7 Å². The number of nitrogens with zero attached hydrogens (tertiary/aromatic N) is 2. The van der Waals surface area contributed by atoms with E-state index in [2.05, 4.69) is 5.32 Å². The summed E-state index contributed by atoms with van der Waals surface area (Å²) >= 11 is 19.2. The van der Waals surface area contributed by atoms with Crippen LogP contribution in [0.15, 0.2) is 59.5 Å². The molecule has 0 radical (unpaired) electrons. The van der Waals surface area contributed by atoms with Gasteiger partial charge < -0.3 is 24.4 Å². The fourth-order valence-electron chi connectivity index (χ4n) is 4.36. The lowest BCUT2D eigenvalue weighted by molar-refractivity contribution is -0.139. The Hall–Kier alpha value is -3.38. The van der Waals surface area contributed by atoms with Crippen molar-refractivity contribution in [1.29, 1.82) is 0 Å². The zero-order valence-corrected chi connectivity index (χ0v) is 28.9. The zero-order chi connectivity index (χ0) is 33.5. The topological polar surface area (TPSA) is 114 Å². The Labute approximate surface area is 279 Å². The fourth-order valence-corrected chi connectivity index (χ4v) is 6.48. The molecule has 0 spiro atoms. The van der Waals surface area contributed by atoms with Crippen molar-refractivity contribution in [2.45, 2.75) is 38.3 Å². The summed E-state index contributed by atoms with van der Waals surface area (Å²) in [5.74, 6) is -0.392. The van der Waals surface area contributed by atoms with Gasteiger partial charge in [0.2, 0.25) is 11.8 Å². The Balaban J connectivity index is 2.17. The average Bonchev–Trinajstić information content (AvgIpc) is 3.01. The molecular weight excluding hydrogens is 665 g/mol. The first-order valence-corrected chi connectivity index (χ1v) is 16.4. The highest BCUT2D eigenvalue weighted by Crippen LogP contribution is 2.37. The van der Waals surface area contributed by atoms with Crippen molar-refractivity contribution in [3.8, 4) is 17.2 Å². The lowest BCUT2D eigenvalue weighted by Crippen LogP contribution is -2.51. The number of sulfonamides is 1. The molecule has 2 amide bonds. The van der Waals surface area contributed by atoms with E-state index >= 15 is 0 Å². The lowest BCUT2D eigenvalue weighted by atomic mass is 10.1. The molecule has 3 aromatic rings. The molecule has 0 aromatic heterocycles. The summed E-state index contributed by atoms with van der Waals surface area (Å²) in [4.78, 5) is 28.5. The Morgan fingerprint density at radius 1 is 0.844 bits per heavy atom. The van der Waals surface area contributed by atoms with Gasteiger partial charge in [0.15, 0.2) is 11.5 Å². The standard InChI is InChI=1S/C31H36Cl3N3O7S/c1-19(2)16-35-31(39)20(3)36(17-23-24(33)8-7-9-25(23)34)30(38)18-37(26-14-21(32)10-12-27(26)42-4)45(40,41)22-11-13-28(43-5)29(15-22)44-6/h7-15,19-20H,16-18H2,1-6H3,(H,35,39)/t20-/m1/s1. The summed E-state index contributed by atoms with van der Waals surface area (Å²) in [6, 6.07) is 12.3. The van der Waals surface area contributed by atoms with Crippen LogP contribution < -0.4 is 23.8 Å². The van der Waals surface area contributed by atoms with E-state index in [1.165, 1.54) is 62.6 Å². The second-order valence-electron chi connectivity index (χ2n) is 10.4. The van der Waals surface area contributed by atoms with Crippen LogP contribution in [0, 0.1) is 5.92 Å². The molecule has 0 aliphatic carbocycles. The summed E-state index contributed by atoms with van der Waals surface area (Å²) < 4.78 is 45.6. The summed E-state index contributed by atoms with van der Waals surface area (Å²) in [7, 11) is -0.327. The van der Waals surface area contributed by atoms with Crippen molar-refractivity contribution in [2.24, 2.45) is 5.92 Å². The number of carbonyl (C=O) groups is 2. The molecular formula is C31H36Cl3N3O7S. The van der Waals surface area contributed by atoms with Gasteiger partial charge in [0.25, 0.3) is 10.0 Å². The summed E-state index contributed by atoms with van der Waals surface area (Å²) in [6.07, 6.45) is 0. The van der Waals surface area contributed by atoms with Crippen LogP contribution in [0.5, 0.6) is 17.2 Å². The summed E-state index contributed by atoms with van der Waals surface area (Å²) in [6.45, 7) is 4.88. The first-order valence-electron chi connectivity index (χ1n) is 13.8. The van der Waals surface area contributed by atoms with Gasteiger partial charge in [-0.15, -0.1) is 0 Å². The maximum atomic E-state index is 14.3. The van der Waals surface area contributed by atoms with Crippen LogP contribution in [0.1, 0.15) is 26.3 Å². The molecule has 0 saturated carbocycles. The van der Waals surface area contributed by atoms with Gasteiger partial charge in [0.05, 0.1) is 31.9 Å². The van der Waals surface area contributed by atoms with Gasteiger partial charge >= 0.3 is 0 Å². The van der Waals surface area contributed by atoms with Crippen LogP contribution in [0.2, 0.25) is 15.1 Å². The van der Waals surface area contributed by atoms with Gasteiger partial charge in [0, 0.05) is 39.8 Å². The first kappa shape index (κ1) is 36.1. The predicted molar refractivity (Wildman–Crippen MR) is 176 cm³/mol. The number of halogens is 3. The van der Waals surface area contributed by atoms with Crippen LogP contribution in [0.3, 0.4) is 0 Å². The molecule has 3 aromatic carbocycles. The van der Waals surface area contributed by atoms with Gasteiger partial charge in [-0.05, 0) is 55.3 Å². The molecule has 14 heteroatoms. The van der Waals surface area contributed by atoms with E-state index in [9.17, 15) is 18.0 Å². The quantitative estimate of drug-likeness (QED) is 0.218. The molecule has 3 rings (SSSR count). The highest BCUT2D eigenvalue weighted by molar-refractivity contribution is 7.92. The lowest BCUT2D eigenvalue weighted by Gasteiger charge is -2.33. The van der Waals surface area contributed by atoms with E-state index in [0.29, 0.717) is 17.9 Å². The molecule has 0 heterocycles. The monoisotopic (exact) mass is 699 g/mol. The van der Waals surface area contributed by atoms with E-state index in [1.54, 1.807) is 25.1 Å². The Morgan fingerprint density at radius 2 is 1.44 bits per heavy atom. The van der Waals surface area contributed by atoms with Crippen molar-refractivity contribution in [3.05, 3.63) is 75.2 Å². The average molecular weight is 701 g/mol. The van der Waals surface area contributed by atoms with Crippen molar-refractivity contribution < 1.29 is 32.2 Å². The highest BCUT2D eigenvalue weighted by Gasteiger charge is 2.35. The molecule has 45 heavy (non-hydrogen) atoms. The molecule has 0 aliphatic heterocycles. The Morgan fingerprint density at radius 3 is 2.02 bits per heavy atom. The van der Waals surface area contributed by atoms with Crippen LogP contribution in [0.25, 0.3) is 0 Å². The van der Waals surface area contributed by atoms with Gasteiger partial charge in [-0.25, -0.2) is 8.42 Å². The van der Waals surface area contributed by atoms with Crippen LogP contribution in [-0.2, 0) is 26.2 Å². The number of nitrogens with one attached hydrogen (secondary N) is 1. The van der Waals surface area contributed by atoms with Crippen molar-refractivity contribution in [2.75, 3.05) is 38.7 Å². The van der Waals surface area contributed by atoms with Crippen LogP contribution >= 0.6 is 34.8 Å². The number of anilines is 1. The third-order valence-electron chi connectivity index (χ3n) is 6.87. The number of hydrogen-bond acceptors (Lipinski definition) is 7. The number of ether oxygens (including phenoxy) is 3. The van der Waals surface area contributed by atoms with Crippen molar-refractivity contribution in [3.63, 3.8) is 0 Å². The maximum Gasteiger partial charge on any atom is 0.265 e. The minimum absolute atomic E-state index is 0.000716. The molecule has 0 aliphatic rings. The largest absolute Gasteiger partial charge is 0.495 e. The normalized spacial score (nSPS) is 12.0. The van der Waals surface area contributed by atoms with Crippen molar-refractivity contribution in [1.82, 2.24) is 10.2 Å². The third-order valence-corrected chi connectivity index (χ3v) is 9.57. The van der Waals surface area contributed by atoms with Gasteiger partial charge in [0.1, 0.15) is 18.3 Å². The van der Waals surface area contributed by atoms with Crippen molar-refractivity contribution >= 4 is 62.3 Å². The third kappa shape index (κ3) is 8.66. The number of amides is 2. The molecule has 0 fully saturated rings. The molecule has 10 nitrogen and oxygen atoms in total. The molecule has 1 N–H and O–H groups in total. The van der Waals surface area contributed by atoms with E-state index in [0.717, 1.165) is 4.31 Å². The second kappa shape index (κ2) is 15.8. The highest BCUT2D eigenvalue weighted by atomic mass is 35.5. The molecule has 0 bridgehead atoms. The Bertz CT molecular complexity index is 1620. The van der Waals surface area contributed by atoms with Gasteiger partial charge in [-0.2, -0.15) is 0 Å². The molecule has 0 unspecified atom stereocenters. The molecule has 244 valence electrons. The smallest absolute Gasteiger partial charge is 0.265 e. The second-order valence-corrected chi connectivity index (χ2v) is 13.5. The van der Waals surface area contributed by atoms with E-state index in [-0.39, 0.29) is 49.6 Å². The van der Waals surface area contributed by atoms with E-state index in [4.69, 9.17) is 49.0 Å². The number of hydrogen-bond donors (Lipinski definition) is 1. The first-order chi connectivity index (χ1) is 21.2. The number of rotatable bonds is 14. The minimum atomic E-state index is -4.49. The van der Waals surface area contributed by atoms with E-state index < -0.39 is 34.4 Å². The fraction of sp³-hybridized carbons (Fsp3) is 0.355. The molecule has 1 atom stereocenters. The van der Waals surface area contributed by atoms with Crippen LogP contribution in [-0.4, -0.2) is 65.6 Å². The SMILES string of the molecule is COc1ccc(S(=O)(=O)N(CC(=O)N(Cc2c(Cl)cccc2Cl)[C@H](C)C(=O)NCC(C)C)c2cc(Cl)ccc2OC)cc1OC. The maximum absolute atomic E-state index is 14.3. The van der Waals surface area contributed by atoms with E-state index in [1.807, 2.05) is 13.8 Å². The zero-order valence-electron chi connectivity index (χ0n) is 25.8. The Kier molecular flexibility index (Phi) is 12.6. The van der Waals surface area contributed by atoms with Gasteiger partial charge in [-0.3, -0.25) is 13.9 Å². The predicted octanol–water partition coefficient (Wildman–Crippen LogP) is 6.06. The number of methoxy groups -OCH3 is 3. The number of carbonyl (C=O) groups excluding carboxylic acids is 2. The number of benzene rings is 3. The summed E-state index contributed by atoms with van der Waals surface area (Å²) in [5.41, 5.74) is 0.396. The summed E-state index contributed by atoms with van der Waals surface area (Å²) in [5, 5.41) is 3.59.